The number of hydrogen-bond acceptors (Lipinski definition) is 6. The van der Waals surface area contributed by atoms with Crippen LogP contribution in [0.2, 0.25) is 0 Å². The Morgan fingerprint density at radius 2 is 1.02 bits per heavy atom. The van der Waals surface area contributed by atoms with Gasteiger partial charge in [-0.25, -0.2) is 14.4 Å². The Kier molecular flexibility index (Phi) is 8.55. The molecule has 0 unspecified atom stereocenters. The van der Waals surface area contributed by atoms with E-state index < -0.39 is 5.82 Å². The van der Waals surface area contributed by atoms with Gasteiger partial charge in [0, 0.05) is 22.3 Å². The van der Waals surface area contributed by atoms with Gasteiger partial charge in [-0.15, -0.1) is 0 Å². The van der Waals surface area contributed by atoms with Crippen LogP contribution >= 0.6 is 0 Å². The van der Waals surface area contributed by atoms with Crippen molar-refractivity contribution >= 4 is 0 Å². The van der Waals surface area contributed by atoms with Crippen molar-refractivity contribution in [3.63, 3.8) is 0 Å². The van der Waals surface area contributed by atoms with Gasteiger partial charge in [0.15, 0.2) is 11.6 Å². The molecule has 7 rings (SSSR count). The molecule has 8 nitrogen and oxygen atoms in total. The van der Waals surface area contributed by atoms with Gasteiger partial charge in [-0.1, -0.05) is 60.7 Å². The fraction of sp³-hybridized carbons (Fsp3) is 0.100. The summed E-state index contributed by atoms with van der Waals surface area (Å²) in [5.41, 5.74) is 6.17. The molecule has 2 heterocycles. The summed E-state index contributed by atoms with van der Waals surface area (Å²) < 4.78 is 40.1. The second-order valence-electron chi connectivity index (χ2n) is 11.2. The molecule has 0 aliphatic rings. The van der Waals surface area contributed by atoms with Crippen LogP contribution in [0.4, 0.5) is 4.39 Å². The van der Waals surface area contributed by atoms with Crippen LogP contribution < -0.4 is 18.9 Å². The van der Waals surface area contributed by atoms with Gasteiger partial charge in [0.2, 0.25) is 0 Å². The Morgan fingerprint density at radius 1 is 0.531 bits per heavy atom. The number of nitrogens with one attached hydrogen (secondary N) is 1. The van der Waals surface area contributed by atoms with E-state index in [1.165, 1.54) is 6.07 Å². The van der Waals surface area contributed by atoms with Gasteiger partial charge in [-0.2, -0.15) is 0 Å². The fourth-order valence-corrected chi connectivity index (χ4v) is 5.90. The number of para-hydroxylation sites is 1. The third-order valence-electron chi connectivity index (χ3n) is 8.27. The monoisotopic (exact) mass is 652 g/mol. The maximum absolute atomic E-state index is 16.0. The van der Waals surface area contributed by atoms with Crippen molar-refractivity contribution in [3.05, 3.63) is 127 Å². The van der Waals surface area contributed by atoms with Crippen LogP contribution in [0.1, 0.15) is 0 Å². The molecule has 49 heavy (non-hydrogen) atoms. The lowest BCUT2D eigenvalue weighted by atomic mass is 10.0. The summed E-state index contributed by atoms with van der Waals surface area (Å²) >= 11 is 0. The van der Waals surface area contributed by atoms with E-state index in [0.29, 0.717) is 57.4 Å². The molecular weight excluding hydrogens is 619 g/mol. The van der Waals surface area contributed by atoms with Crippen LogP contribution in [0.15, 0.2) is 121 Å². The number of benzene rings is 5. The molecule has 7 aromatic rings. The first-order valence-corrected chi connectivity index (χ1v) is 15.6. The van der Waals surface area contributed by atoms with E-state index in [4.69, 9.17) is 28.9 Å². The molecule has 0 radical (unpaired) electrons. The molecule has 244 valence electrons. The predicted molar refractivity (Wildman–Crippen MR) is 189 cm³/mol. The molecule has 2 aromatic heterocycles. The highest BCUT2D eigenvalue weighted by Gasteiger charge is 2.27. The zero-order chi connectivity index (χ0) is 33.9. The van der Waals surface area contributed by atoms with Gasteiger partial charge >= 0.3 is 0 Å². The van der Waals surface area contributed by atoms with E-state index in [-0.39, 0.29) is 0 Å². The lowest BCUT2D eigenvalue weighted by Crippen LogP contribution is -2.04. The molecular formula is C40H33FN4O4. The summed E-state index contributed by atoms with van der Waals surface area (Å²) in [7, 11) is 6.49. The van der Waals surface area contributed by atoms with Crippen molar-refractivity contribution in [2.24, 2.45) is 0 Å². The van der Waals surface area contributed by atoms with Crippen molar-refractivity contribution in [1.29, 1.82) is 0 Å². The Hall–Kier alpha value is -6.35. The highest BCUT2D eigenvalue weighted by atomic mass is 19.1. The van der Waals surface area contributed by atoms with Crippen molar-refractivity contribution < 1.29 is 23.3 Å². The molecule has 5 aromatic carbocycles. The zero-order valence-electron chi connectivity index (χ0n) is 27.4. The average molecular weight is 653 g/mol. The summed E-state index contributed by atoms with van der Waals surface area (Å²) in [5, 5.41) is 0. The minimum absolute atomic E-state index is 0.305. The number of H-pyrrole nitrogens is 1. The first-order chi connectivity index (χ1) is 24.0. The molecule has 0 atom stereocenters. The maximum Gasteiger partial charge on any atom is 0.182 e. The van der Waals surface area contributed by atoms with E-state index in [1.54, 1.807) is 46.6 Å². The van der Waals surface area contributed by atoms with Crippen LogP contribution in [-0.2, 0) is 0 Å². The van der Waals surface area contributed by atoms with Gasteiger partial charge in [-0.3, -0.25) is 4.57 Å². The van der Waals surface area contributed by atoms with Gasteiger partial charge in [-0.05, 0) is 60.7 Å². The maximum atomic E-state index is 16.0. The van der Waals surface area contributed by atoms with Crippen molar-refractivity contribution in [1.82, 2.24) is 19.5 Å². The Labute approximate surface area is 283 Å². The number of halogens is 1. The quantitative estimate of drug-likeness (QED) is 0.159. The molecule has 0 spiro atoms. The number of rotatable bonds is 10. The SMILES string of the molecule is COc1cccc(-c2nc(-c3nc(-c4cccc(OC)c4)c(-c4cccc(OC)c4)n3-c3ccccc3F)[nH]c2-c2cccc(OC)c2)c1. The number of imidazole rings is 2. The number of methoxy groups -OCH3 is 4. The standard InChI is InChI=1S/C40H33FN4O4/c1-46-29-15-7-11-25(21-29)35-36(26-12-8-16-30(22-26)47-2)43-39(42-35)40-44-37(27-13-9-17-31(23-27)48-3)38(28-14-10-18-32(24-28)49-4)45(40)34-20-6-5-19-33(34)41/h5-24H,1-4H3,(H,42,43). The first-order valence-electron chi connectivity index (χ1n) is 15.6. The Morgan fingerprint density at radius 3 is 1.59 bits per heavy atom. The van der Waals surface area contributed by atoms with Crippen LogP contribution in [0.5, 0.6) is 23.0 Å². The Balaban J connectivity index is 1.58. The molecule has 0 saturated heterocycles. The highest BCUT2D eigenvalue weighted by molar-refractivity contribution is 5.86. The van der Waals surface area contributed by atoms with Crippen LogP contribution in [0.3, 0.4) is 0 Å². The zero-order valence-corrected chi connectivity index (χ0v) is 27.4. The van der Waals surface area contributed by atoms with Crippen LogP contribution in [0.25, 0.3) is 62.4 Å². The normalized spacial score (nSPS) is 11.0. The summed E-state index contributed by atoms with van der Waals surface area (Å²) in [6, 6.07) is 37.3. The highest BCUT2D eigenvalue weighted by Crippen LogP contribution is 2.42. The van der Waals surface area contributed by atoms with E-state index in [0.717, 1.165) is 27.9 Å². The molecule has 0 bridgehead atoms. The summed E-state index contributed by atoms with van der Waals surface area (Å²) in [4.78, 5) is 14.0. The molecule has 1 N–H and O–H groups in total. The van der Waals surface area contributed by atoms with Crippen molar-refractivity contribution in [2.75, 3.05) is 28.4 Å². The molecule has 0 fully saturated rings. The fourth-order valence-electron chi connectivity index (χ4n) is 5.90. The smallest absolute Gasteiger partial charge is 0.182 e. The van der Waals surface area contributed by atoms with E-state index in [2.05, 4.69) is 4.98 Å². The minimum atomic E-state index is -0.421. The Bertz CT molecular complexity index is 2210. The van der Waals surface area contributed by atoms with Crippen molar-refractivity contribution in [2.45, 2.75) is 0 Å². The van der Waals surface area contributed by atoms with Gasteiger partial charge in [0.1, 0.15) is 28.8 Å². The third-order valence-corrected chi connectivity index (χ3v) is 8.27. The summed E-state index contributed by atoms with van der Waals surface area (Å²) in [6.45, 7) is 0. The molecule has 0 aliphatic heterocycles. The van der Waals surface area contributed by atoms with Gasteiger partial charge < -0.3 is 23.9 Å². The molecule has 9 heteroatoms. The number of ether oxygens (including phenoxy) is 4. The van der Waals surface area contributed by atoms with Gasteiger partial charge in [0.05, 0.1) is 56.9 Å². The van der Waals surface area contributed by atoms with Crippen LogP contribution in [0, 0.1) is 5.82 Å². The largest absolute Gasteiger partial charge is 0.497 e. The first kappa shape index (κ1) is 31.3. The van der Waals surface area contributed by atoms with E-state index in [9.17, 15) is 0 Å². The summed E-state index contributed by atoms with van der Waals surface area (Å²) in [5.74, 6) is 3.10. The number of aromatic amines is 1. The van der Waals surface area contributed by atoms with E-state index in [1.807, 2.05) is 102 Å². The third kappa shape index (κ3) is 5.98. The van der Waals surface area contributed by atoms with Crippen LogP contribution in [-0.4, -0.2) is 48.0 Å². The lowest BCUT2D eigenvalue weighted by molar-refractivity contribution is 0.415. The second kappa shape index (κ2) is 13.4. The molecule has 0 amide bonds. The minimum Gasteiger partial charge on any atom is -0.497 e. The van der Waals surface area contributed by atoms with Crippen molar-refractivity contribution in [3.8, 4) is 85.4 Å². The predicted octanol–water partition coefficient (Wildman–Crippen LogP) is 9.10. The molecule has 0 saturated carbocycles. The average Bonchev–Trinajstić information content (AvgIpc) is 3.78. The van der Waals surface area contributed by atoms with E-state index >= 15 is 4.39 Å². The number of aromatic nitrogens is 4. The number of hydrogen-bond donors (Lipinski definition) is 1. The topological polar surface area (TPSA) is 83.4 Å². The summed E-state index contributed by atoms with van der Waals surface area (Å²) in [6.07, 6.45) is 0. The second-order valence-corrected chi connectivity index (χ2v) is 11.2. The molecule has 0 aliphatic carbocycles. The number of nitrogens with zero attached hydrogens (tertiary/aromatic N) is 3. The van der Waals surface area contributed by atoms with Gasteiger partial charge in [0.25, 0.3) is 0 Å². The lowest BCUT2D eigenvalue weighted by Gasteiger charge is -2.14.